The zero-order valence-corrected chi connectivity index (χ0v) is 14.7. The maximum Gasteiger partial charge on any atom is 0.251 e. The van der Waals surface area contributed by atoms with Crippen LogP contribution in [0.3, 0.4) is 0 Å². The summed E-state index contributed by atoms with van der Waals surface area (Å²) in [4.78, 5) is 12.6. The van der Waals surface area contributed by atoms with Crippen molar-refractivity contribution in [2.75, 3.05) is 13.1 Å². The van der Waals surface area contributed by atoms with Gasteiger partial charge >= 0.3 is 0 Å². The van der Waals surface area contributed by atoms with E-state index in [2.05, 4.69) is 15.4 Å². The van der Waals surface area contributed by atoms with Crippen molar-refractivity contribution < 1.29 is 13.2 Å². The summed E-state index contributed by atoms with van der Waals surface area (Å²) in [5.41, 5.74) is 0.101. The summed E-state index contributed by atoms with van der Waals surface area (Å²) in [6, 6.07) is 5.94. The molecule has 0 unspecified atom stereocenters. The molecule has 6 nitrogen and oxygen atoms in total. The minimum Gasteiger partial charge on any atom is -0.347 e. The second-order valence-electron chi connectivity index (χ2n) is 6.57. The summed E-state index contributed by atoms with van der Waals surface area (Å²) < 4.78 is 27.0. The first kappa shape index (κ1) is 17.9. The SMILES string of the molecule is CC(C)NS(=O)(=O)c1cccc(C(=O)NC2(C)CCNCC2)c1. The van der Waals surface area contributed by atoms with Gasteiger partial charge in [0.1, 0.15) is 0 Å². The third kappa shape index (κ3) is 4.76. The molecule has 1 amide bonds. The molecule has 2 rings (SSSR count). The Morgan fingerprint density at radius 2 is 1.91 bits per heavy atom. The fraction of sp³-hybridized carbons (Fsp3) is 0.562. The second kappa shape index (κ2) is 6.98. The first-order chi connectivity index (χ1) is 10.7. The summed E-state index contributed by atoms with van der Waals surface area (Å²) in [6.07, 6.45) is 1.71. The molecule has 0 aliphatic carbocycles. The molecule has 7 heteroatoms. The van der Waals surface area contributed by atoms with Gasteiger partial charge in [-0.25, -0.2) is 13.1 Å². The van der Waals surface area contributed by atoms with Crippen molar-refractivity contribution in [2.45, 2.75) is 50.1 Å². The number of carbonyl (C=O) groups excluding carboxylic acids is 1. The molecule has 1 aliphatic rings. The van der Waals surface area contributed by atoms with Crippen molar-refractivity contribution in [1.29, 1.82) is 0 Å². The number of hydrogen-bond acceptors (Lipinski definition) is 4. The van der Waals surface area contributed by atoms with Crippen LogP contribution >= 0.6 is 0 Å². The van der Waals surface area contributed by atoms with Crippen LogP contribution in [0.5, 0.6) is 0 Å². The van der Waals surface area contributed by atoms with Crippen LogP contribution < -0.4 is 15.4 Å². The Labute approximate surface area is 138 Å². The van der Waals surface area contributed by atoms with E-state index >= 15 is 0 Å². The molecular formula is C16H25N3O3S. The van der Waals surface area contributed by atoms with Crippen LogP contribution in [0, 0.1) is 0 Å². The molecule has 128 valence electrons. The predicted molar refractivity (Wildman–Crippen MR) is 89.9 cm³/mol. The number of nitrogens with one attached hydrogen (secondary N) is 3. The number of carbonyl (C=O) groups is 1. The summed E-state index contributed by atoms with van der Waals surface area (Å²) in [5.74, 6) is -0.240. The lowest BCUT2D eigenvalue weighted by Crippen LogP contribution is -2.52. The Hall–Kier alpha value is -1.44. The highest BCUT2D eigenvalue weighted by atomic mass is 32.2. The highest BCUT2D eigenvalue weighted by Gasteiger charge is 2.29. The van der Waals surface area contributed by atoms with Gasteiger partial charge in [-0.05, 0) is 64.9 Å². The van der Waals surface area contributed by atoms with Gasteiger partial charge in [0.2, 0.25) is 10.0 Å². The van der Waals surface area contributed by atoms with Crippen LogP contribution in [0.4, 0.5) is 0 Å². The van der Waals surface area contributed by atoms with Crippen molar-refractivity contribution in [3.05, 3.63) is 29.8 Å². The van der Waals surface area contributed by atoms with E-state index in [9.17, 15) is 13.2 Å². The first-order valence-electron chi connectivity index (χ1n) is 7.87. The average molecular weight is 339 g/mol. The molecule has 0 bridgehead atoms. The Bertz CT molecular complexity index is 665. The van der Waals surface area contributed by atoms with Crippen molar-refractivity contribution in [3.63, 3.8) is 0 Å². The number of hydrogen-bond donors (Lipinski definition) is 3. The molecule has 3 N–H and O–H groups in total. The Morgan fingerprint density at radius 1 is 1.26 bits per heavy atom. The minimum atomic E-state index is -3.60. The summed E-state index contributed by atoms with van der Waals surface area (Å²) in [5, 5.41) is 6.30. The molecule has 1 aromatic rings. The van der Waals surface area contributed by atoms with E-state index in [0.717, 1.165) is 25.9 Å². The number of rotatable bonds is 5. The van der Waals surface area contributed by atoms with Crippen LogP contribution in [0.1, 0.15) is 44.0 Å². The van der Waals surface area contributed by atoms with E-state index in [1.165, 1.54) is 12.1 Å². The molecule has 1 saturated heterocycles. The van der Waals surface area contributed by atoms with Crippen LogP contribution in [-0.4, -0.2) is 39.0 Å². The Balaban J connectivity index is 2.17. The number of piperidine rings is 1. The van der Waals surface area contributed by atoms with Crippen LogP contribution in [0.2, 0.25) is 0 Å². The second-order valence-corrected chi connectivity index (χ2v) is 8.28. The molecule has 0 radical (unpaired) electrons. The molecule has 0 spiro atoms. The number of amides is 1. The highest BCUT2D eigenvalue weighted by Crippen LogP contribution is 2.19. The Morgan fingerprint density at radius 3 is 2.52 bits per heavy atom. The molecule has 0 aromatic heterocycles. The van der Waals surface area contributed by atoms with Gasteiger partial charge in [0.15, 0.2) is 0 Å². The highest BCUT2D eigenvalue weighted by molar-refractivity contribution is 7.89. The summed E-state index contributed by atoms with van der Waals surface area (Å²) in [7, 11) is -3.60. The van der Waals surface area contributed by atoms with Crippen LogP contribution in [-0.2, 0) is 10.0 Å². The first-order valence-corrected chi connectivity index (χ1v) is 9.36. The standard InChI is InChI=1S/C16H25N3O3S/c1-12(2)19-23(21,22)14-6-4-5-13(11-14)15(20)18-16(3)7-9-17-10-8-16/h4-6,11-12,17,19H,7-10H2,1-3H3,(H,18,20). The third-order valence-electron chi connectivity index (χ3n) is 3.92. The molecule has 0 atom stereocenters. The lowest BCUT2D eigenvalue weighted by atomic mass is 9.90. The largest absolute Gasteiger partial charge is 0.347 e. The lowest BCUT2D eigenvalue weighted by Gasteiger charge is -2.35. The van der Waals surface area contributed by atoms with Crippen molar-refractivity contribution in [1.82, 2.24) is 15.4 Å². The van der Waals surface area contributed by atoms with E-state index in [1.807, 2.05) is 6.92 Å². The maximum absolute atomic E-state index is 12.5. The third-order valence-corrected chi connectivity index (χ3v) is 5.58. The van der Waals surface area contributed by atoms with Gasteiger partial charge in [-0.15, -0.1) is 0 Å². The van der Waals surface area contributed by atoms with E-state index in [0.29, 0.717) is 5.56 Å². The number of sulfonamides is 1. The molecule has 1 fully saturated rings. The van der Waals surface area contributed by atoms with Crippen molar-refractivity contribution >= 4 is 15.9 Å². The quantitative estimate of drug-likeness (QED) is 0.753. The molecular weight excluding hydrogens is 314 g/mol. The Kier molecular flexibility index (Phi) is 5.44. The predicted octanol–water partition coefficient (Wildman–Crippen LogP) is 1.25. The lowest BCUT2D eigenvalue weighted by molar-refractivity contribution is 0.0887. The van der Waals surface area contributed by atoms with Gasteiger partial charge in [0, 0.05) is 17.1 Å². The minimum absolute atomic E-state index is 0.106. The fourth-order valence-electron chi connectivity index (χ4n) is 2.63. The fourth-order valence-corrected chi connectivity index (χ4v) is 3.93. The molecule has 0 saturated carbocycles. The summed E-state index contributed by atoms with van der Waals surface area (Å²) >= 11 is 0. The average Bonchev–Trinajstić information content (AvgIpc) is 2.46. The molecule has 23 heavy (non-hydrogen) atoms. The van der Waals surface area contributed by atoms with E-state index in [1.54, 1.807) is 26.0 Å². The summed E-state index contributed by atoms with van der Waals surface area (Å²) in [6.45, 7) is 7.26. The van der Waals surface area contributed by atoms with Gasteiger partial charge in [-0.3, -0.25) is 4.79 Å². The van der Waals surface area contributed by atoms with Crippen molar-refractivity contribution in [2.24, 2.45) is 0 Å². The molecule has 1 heterocycles. The molecule has 1 aliphatic heterocycles. The zero-order chi connectivity index (χ0) is 17.1. The molecule has 1 aromatic carbocycles. The van der Waals surface area contributed by atoms with Gasteiger partial charge in [-0.1, -0.05) is 6.07 Å². The topological polar surface area (TPSA) is 87.3 Å². The monoisotopic (exact) mass is 339 g/mol. The van der Waals surface area contributed by atoms with E-state index < -0.39 is 10.0 Å². The van der Waals surface area contributed by atoms with E-state index in [4.69, 9.17) is 0 Å². The normalized spacial score (nSPS) is 17.9. The zero-order valence-electron chi connectivity index (χ0n) is 13.8. The van der Waals surface area contributed by atoms with Gasteiger partial charge in [0.05, 0.1) is 4.90 Å². The van der Waals surface area contributed by atoms with Gasteiger partial charge in [0.25, 0.3) is 5.91 Å². The maximum atomic E-state index is 12.5. The van der Waals surface area contributed by atoms with E-state index in [-0.39, 0.29) is 22.4 Å². The smallest absolute Gasteiger partial charge is 0.251 e. The van der Waals surface area contributed by atoms with Gasteiger partial charge in [-0.2, -0.15) is 0 Å². The van der Waals surface area contributed by atoms with Crippen LogP contribution in [0.15, 0.2) is 29.2 Å². The van der Waals surface area contributed by atoms with Crippen molar-refractivity contribution in [3.8, 4) is 0 Å². The van der Waals surface area contributed by atoms with Crippen LogP contribution in [0.25, 0.3) is 0 Å². The van der Waals surface area contributed by atoms with Gasteiger partial charge < -0.3 is 10.6 Å². The number of benzene rings is 1.